The maximum atomic E-state index is 12.3. The van der Waals surface area contributed by atoms with Crippen molar-refractivity contribution in [3.05, 3.63) is 35.7 Å². The lowest BCUT2D eigenvalue weighted by Gasteiger charge is -2.12. The van der Waals surface area contributed by atoms with Crippen LogP contribution in [0.2, 0.25) is 0 Å². The van der Waals surface area contributed by atoms with Crippen LogP contribution in [0.15, 0.2) is 29.3 Å². The van der Waals surface area contributed by atoms with Crippen molar-refractivity contribution in [2.45, 2.75) is 18.4 Å². The SMILES string of the molecule is COc1cc(C)c(N)cc1S(=O)(=O)NCc1ccn[nH]1. The Hall–Kier alpha value is -2.06. The summed E-state index contributed by atoms with van der Waals surface area (Å²) in [6, 6.07) is 4.67. The number of H-pyrrole nitrogens is 1. The first-order valence-corrected chi connectivity index (χ1v) is 7.34. The summed E-state index contributed by atoms with van der Waals surface area (Å²) in [4.78, 5) is 0.0163. The molecule has 0 aliphatic carbocycles. The first kappa shape index (κ1) is 14.4. The molecule has 1 aromatic heterocycles. The molecule has 2 rings (SSSR count). The minimum absolute atomic E-state index is 0.0163. The molecule has 0 saturated carbocycles. The second-order valence-electron chi connectivity index (χ2n) is 4.27. The molecule has 2 aromatic rings. The second kappa shape index (κ2) is 5.51. The Morgan fingerprint density at radius 3 is 2.80 bits per heavy atom. The summed E-state index contributed by atoms with van der Waals surface area (Å²) in [5.41, 5.74) is 7.58. The highest BCUT2D eigenvalue weighted by molar-refractivity contribution is 7.89. The highest BCUT2D eigenvalue weighted by atomic mass is 32.2. The third kappa shape index (κ3) is 2.91. The van der Waals surface area contributed by atoms with Crippen molar-refractivity contribution in [1.29, 1.82) is 0 Å². The largest absolute Gasteiger partial charge is 0.495 e. The number of methoxy groups -OCH3 is 1. The molecule has 0 fully saturated rings. The van der Waals surface area contributed by atoms with E-state index in [-0.39, 0.29) is 17.2 Å². The van der Waals surface area contributed by atoms with Crippen LogP contribution < -0.4 is 15.2 Å². The van der Waals surface area contributed by atoms with E-state index in [9.17, 15) is 8.42 Å². The van der Waals surface area contributed by atoms with Gasteiger partial charge in [-0.15, -0.1) is 0 Å². The minimum atomic E-state index is -3.72. The molecule has 108 valence electrons. The Balaban J connectivity index is 2.31. The van der Waals surface area contributed by atoms with Crippen LogP contribution in [0.1, 0.15) is 11.3 Å². The summed E-state index contributed by atoms with van der Waals surface area (Å²) >= 11 is 0. The molecule has 0 aliphatic heterocycles. The Kier molecular flexibility index (Phi) is 3.96. The predicted molar refractivity (Wildman–Crippen MR) is 74.8 cm³/mol. The molecule has 20 heavy (non-hydrogen) atoms. The van der Waals surface area contributed by atoms with Crippen LogP contribution in [-0.4, -0.2) is 25.7 Å². The highest BCUT2D eigenvalue weighted by Gasteiger charge is 2.20. The average Bonchev–Trinajstić information content (AvgIpc) is 2.92. The number of nitrogens with one attached hydrogen (secondary N) is 2. The topological polar surface area (TPSA) is 110 Å². The van der Waals surface area contributed by atoms with Crippen molar-refractivity contribution < 1.29 is 13.2 Å². The van der Waals surface area contributed by atoms with E-state index < -0.39 is 10.0 Å². The quantitative estimate of drug-likeness (QED) is 0.706. The molecule has 7 nitrogen and oxygen atoms in total. The van der Waals surface area contributed by atoms with Gasteiger partial charge in [-0.2, -0.15) is 5.10 Å². The van der Waals surface area contributed by atoms with Crippen molar-refractivity contribution in [2.75, 3.05) is 12.8 Å². The van der Waals surface area contributed by atoms with Gasteiger partial charge in [-0.3, -0.25) is 5.10 Å². The number of nitrogens with zero attached hydrogens (tertiary/aromatic N) is 1. The van der Waals surface area contributed by atoms with Gasteiger partial charge in [0.1, 0.15) is 10.6 Å². The molecule has 0 bridgehead atoms. The summed E-state index contributed by atoms with van der Waals surface area (Å²) in [6.07, 6.45) is 1.55. The zero-order valence-corrected chi connectivity index (χ0v) is 12.0. The first-order valence-electron chi connectivity index (χ1n) is 5.86. The summed E-state index contributed by atoms with van der Waals surface area (Å²) < 4.78 is 32.2. The number of sulfonamides is 1. The van der Waals surface area contributed by atoms with E-state index in [0.29, 0.717) is 11.4 Å². The standard InChI is InChI=1S/C12H16N4O3S/c1-8-5-11(19-2)12(6-10(8)13)20(17,18)15-7-9-3-4-14-16-9/h3-6,15H,7,13H2,1-2H3,(H,14,16). The molecule has 0 aliphatic rings. The molecule has 1 aromatic carbocycles. The fraction of sp³-hybridized carbons (Fsp3) is 0.250. The van der Waals surface area contributed by atoms with E-state index in [1.54, 1.807) is 25.3 Å². The van der Waals surface area contributed by atoms with Gasteiger partial charge in [0.05, 0.1) is 19.3 Å². The van der Waals surface area contributed by atoms with Crippen LogP contribution in [0.4, 0.5) is 5.69 Å². The van der Waals surface area contributed by atoms with Gasteiger partial charge in [0.2, 0.25) is 10.0 Å². The number of benzene rings is 1. The highest BCUT2D eigenvalue weighted by Crippen LogP contribution is 2.28. The number of nitrogen functional groups attached to an aromatic ring is 1. The number of hydrogen-bond acceptors (Lipinski definition) is 5. The van der Waals surface area contributed by atoms with Crippen LogP contribution in [0.3, 0.4) is 0 Å². The average molecular weight is 296 g/mol. The molecule has 0 radical (unpaired) electrons. The van der Waals surface area contributed by atoms with Gasteiger partial charge in [0.15, 0.2) is 0 Å². The number of rotatable bonds is 5. The van der Waals surface area contributed by atoms with Gasteiger partial charge in [-0.05, 0) is 30.7 Å². The predicted octanol–water partition coefficient (Wildman–Crippen LogP) is 0.787. The van der Waals surface area contributed by atoms with Gasteiger partial charge < -0.3 is 10.5 Å². The Morgan fingerprint density at radius 1 is 1.45 bits per heavy atom. The van der Waals surface area contributed by atoms with Crippen molar-refractivity contribution in [3.8, 4) is 5.75 Å². The van der Waals surface area contributed by atoms with Crippen molar-refractivity contribution in [2.24, 2.45) is 0 Å². The zero-order chi connectivity index (χ0) is 14.8. The molecule has 0 atom stereocenters. The molecule has 1 heterocycles. The van der Waals surface area contributed by atoms with Gasteiger partial charge in [-0.25, -0.2) is 13.1 Å². The maximum absolute atomic E-state index is 12.3. The van der Waals surface area contributed by atoms with Gasteiger partial charge in [0, 0.05) is 11.9 Å². The molecular weight excluding hydrogens is 280 g/mol. The second-order valence-corrected chi connectivity index (χ2v) is 6.00. The van der Waals surface area contributed by atoms with Crippen molar-refractivity contribution >= 4 is 15.7 Å². The Bertz CT molecular complexity index is 696. The number of aryl methyl sites for hydroxylation is 1. The lowest BCUT2D eigenvalue weighted by atomic mass is 10.2. The van der Waals surface area contributed by atoms with Crippen LogP contribution in [0.5, 0.6) is 5.75 Å². The lowest BCUT2D eigenvalue weighted by molar-refractivity contribution is 0.402. The zero-order valence-electron chi connectivity index (χ0n) is 11.2. The molecular formula is C12H16N4O3S. The summed E-state index contributed by atoms with van der Waals surface area (Å²) in [5.74, 6) is 0.258. The number of hydrogen-bond donors (Lipinski definition) is 3. The van der Waals surface area contributed by atoms with E-state index in [0.717, 1.165) is 5.56 Å². The summed E-state index contributed by atoms with van der Waals surface area (Å²) in [7, 11) is -2.31. The third-order valence-electron chi connectivity index (χ3n) is 2.85. The third-order valence-corrected chi connectivity index (χ3v) is 4.28. The van der Waals surface area contributed by atoms with Crippen LogP contribution >= 0.6 is 0 Å². The van der Waals surface area contributed by atoms with Crippen LogP contribution in [0, 0.1) is 6.92 Å². The molecule has 0 amide bonds. The van der Waals surface area contributed by atoms with E-state index in [1.165, 1.54) is 13.2 Å². The fourth-order valence-corrected chi connectivity index (χ4v) is 2.87. The first-order chi connectivity index (χ1) is 9.44. The number of aromatic amines is 1. The molecule has 0 saturated heterocycles. The number of nitrogens with two attached hydrogens (primary N) is 1. The fourth-order valence-electron chi connectivity index (χ4n) is 1.68. The number of aromatic nitrogens is 2. The van der Waals surface area contributed by atoms with Crippen LogP contribution in [0.25, 0.3) is 0 Å². The summed E-state index contributed by atoms with van der Waals surface area (Å²) in [5, 5.41) is 6.43. The molecule has 8 heteroatoms. The molecule has 4 N–H and O–H groups in total. The molecule has 0 spiro atoms. The Labute approximate surface area is 117 Å². The smallest absolute Gasteiger partial charge is 0.244 e. The van der Waals surface area contributed by atoms with Crippen molar-refractivity contribution in [3.63, 3.8) is 0 Å². The summed E-state index contributed by atoms with van der Waals surface area (Å²) in [6.45, 7) is 1.89. The Morgan fingerprint density at radius 2 is 2.20 bits per heavy atom. The van der Waals surface area contributed by atoms with Crippen LogP contribution in [-0.2, 0) is 16.6 Å². The lowest BCUT2D eigenvalue weighted by Crippen LogP contribution is -2.24. The van der Waals surface area contributed by atoms with E-state index in [2.05, 4.69) is 14.9 Å². The monoisotopic (exact) mass is 296 g/mol. The van der Waals surface area contributed by atoms with Gasteiger partial charge >= 0.3 is 0 Å². The minimum Gasteiger partial charge on any atom is -0.495 e. The number of anilines is 1. The molecule has 0 unspecified atom stereocenters. The van der Waals surface area contributed by atoms with Gasteiger partial charge in [-0.1, -0.05) is 0 Å². The van der Waals surface area contributed by atoms with E-state index in [4.69, 9.17) is 10.5 Å². The van der Waals surface area contributed by atoms with Gasteiger partial charge in [0.25, 0.3) is 0 Å². The van der Waals surface area contributed by atoms with E-state index in [1.807, 2.05) is 0 Å². The van der Waals surface area contributed by atoms with Crippen molar-refractivity contribution in [1.82, 2.24) is 14.9 Å². The van der Waals surface area contributed by atoms with E-state index >= 15 is 0 Å². The number of ether oxygens (including phenoxy) is 1. The maximum Gasteiger partial charge on any atom is 0.244 e. The normalized spacial score (nSPS) is 11.5.